The Kier molecular flexibility index (Phi) is 5.47. The number of benzene rings is 1. The number of rotatable bonds is 6. The standard InChI is InChI=1S/C13H16F2O7S/c1-12(2,18)7-8-3-5-9(6-4-8)10(16)22-11(17)13(14,15)23(19,20)21/h3-6,11,17-18H,7H2,1-2H3,(H,19,20,21). The molecule has 0 saturated carbocycles. The van der Waals surface area contributed by atoms with Crippen molar-refractivity contribution in [1.82, 2.24) is 0 Å². The fourth-order valence-electron chi connectivity index (χ4n) is 1.62. The van der Waals surface area contributed by atoms with E-state index in [9.17, 15) is 27.1 Å². The van der Waals surface area contributed by atoms with Crippen LogP contribution in [0.5, 0.6) is 0 Å². The van der Waals surface area contributed by atoms with Crippen LogP contribution in [-0.2, 0) is 21.3 Å². The molecular formula is C13H16F2O7S. The van der Waals surface area contributed by atoms with Gasteiger partial charge in [-0.25, -0.2) is 4.79 Å². The number of hydrogen-bond acceptors (Lipinski definition) is 6. The Morgan fingerprint density at radius 1 is 1.26 bits per heavy atom. The summed E-state index contributed by atoms with van der Waals surface area (Å²) >= 11 is 0. The summed E-state index contributed by atoms with van der Waals surface area (Å²) in [6.07, 6.45) is -3.09. The first-order chi connectivity index (χ1) is 10.2. The van der Waals surface area contributed by atoms with Gasteiger partial charge in [-0.15, -0.1) is 0 Å². The normalized spacial score (nSPS) is 14.4. The Morgan fingerprint density at radius 3 is 2.13 bits per heavy atom. The molecule has 0 heterocycles. The maximum Gasteiger partial charge on any atom is 0.430 e. The third kappa shape index (κ3) is 5.20. The molecule has 3 N–H and O–H groups in total. The first-order valence-electron chi connectivity index (χ1n) is 6.29. The van der Waals surface area contributed by atoms with E-state index in [1.54, 1.807) is 13.8 Å². The third-order valence-corrected chi connectivity index (χ3v) is 3.57. The summed E-state index contributed by atoms with van der Waals surface area (Å²) < 4.78 is 59.2. The Bertz CT molecular complexity index is 663. The number of aliphatic hydroxyl groups excluding tert-OH is 1. The van der Waals surface area contributed by atoms with E-state index in [-0.39, 0.29) is 12.0 Å². The zero-order chi connectivity index (χ0) is 18.1. The van der Waals surface area contributed by atoms with Gasteiger partial charge >= 0.3 is 21.3 Å². The van der Waals surface area contributed by atoms with Crippen molar-refractivity contribution in [2.45, 2.75) is 37.4 Å². The van der Waals surface area contributed by atoms with E-state index in [2.05, 4.69) is 4.74 Å². The second-order valence-corrected chi connectivity index (χ2v) is 6.98. The highest BCUT2D eigenvalue weighted by molar-refractivity contribution is 7.86. The van der Waals surface area contributed by atoms with Crippen molar-refractivity contribution >= 4 is 16.1 Å². The lowest BCUT2D eigenvalue weighted by Crippen LogP contribution is -2.43. The van der Waals surface area contributed by atoms with Crippen LogP contribution < -0.4 is 0 Å². The molecule has 0 radical (unpaired) electrons. The summed E-state index contributed by atoms with van der Waals surface area (Å²) in [5.41, 5.74) is -0.567. The predicted octanol–water partition coefficient (Wildman–Crippen LogP) is 0.956. The molecule has 0 aliphatic carbocycles. The molecular weight excluding hydrogens is 338 g/mol. The molecule has 7 nitrogen and oxygen atoms in total. The van der Waals surface area contributed by atoms with Crippen LogP contribution >= 0.6 is 0 Å². The Morgan fingerprint density at radius 2 is 1.74 bits per heavy atom. The average Bonchev–Trinajstić information content (AvgIpc) is 2.36. The van der Waals surface area contributed by atoms with E-state index >= 15 is 0 Å². The van der Waals surface area contributed by atoms with Crippen molar-refractivity contribution in [2.75, 3.05) is 0 Å². The molecule has 130 valence electrons. The lowest BCUT2D eigenvalue weighted by atomic mass is 9.98. The van der Waals surface area contributed by atoms with Gasteiger partial charge in [0.1, 0.15) is 0 Å². The van der Waals surface area contributed by atoms with Gasteiger partial charge in [-0.2, -0.15) is 17.2 Å². The quantitative estimate of drug-likeness (QED) is 0.395. The van der Waals surface area contributed by atoms with Gasteiger partial charge in [-0.1, -0.05) is 12.1 Å². The number of alkyl halides is 2. The van der Waals surface area contributed by atoms with Crippen molar-refractivity contribution in [1.29, 1.82) is 0 Å². The maximum atomic E-state index is 13.1. The minimum absolute atomic E-state index is 0.227. The van der Waals surface area contributed by atoms with E-state index in [4.69, 9.17) is 9.66 Å². The largest absolute Gasteiger partial charge is 0.430 e. The lowest BCUT2D eigenvalue weighted by molar-refractivity contribution is -0.168. The molecule has 23 heavy (non-hydrogen) atoms. The molecule has 0 saturated heterocycles. The highest BCUT2D eigenvalue weighted by Gasteiger charge is 2.54. The van der Waals surface area contributed by atoms with Crippen LogP contribution in [0.2, 0.25) is 0 Å². The predicted molar refractivity (Wildman–Crippen MR) is 74.4 cm³/mol. The van der Waals surface area contributed by atoms with E-state index in [1.807, 2.05) is 0 Å². The van der Waals surface area contributed by atoms with E-state index in [0.717, 1.165) is 0 Å². The molecule has 1 unspecified atom stereocenters. The Hall–Kier alpha value is -1.62. The molecule has 0 fully saturated rings. The molecule has 10 heteroatoms. The SMILES string of the molecule is CC(C)(O)Cc1ccc(C(=O)OC(O)C(F)(F)S(=O)(=O)O)cc1. The van der Waals surface area contributed by atoms with Crippen LogP contribution in [-0.4, -0.2) is 46.3 Å². The summed E-state index contributed by atoms with van der Waals surface area (Å²) in [7, 11) is -5.94. The monoisotopic (exact) mass is 354 g/mol. The highest BCUT2D eigenvalue weighted by Crippen LogP contribution is 2.26. The van der Waals surface area contributed by atoms with Crippen molar-refractivity contribution in [3.05, 3.63) is 35.4 Å². The topological polar surface area (TPSA) is 121 Å². The molecule has 0 aromatic heterocycles. The fraction of sp³-hybridized carbons (Fsp3) is 0.462. The number of hydrogen-bond donors (Lipinski definition) is 3. The van der Waals surface area contributed by atoms with Crippen LogP contribution in [0.4, 0.5) is 8.78 Å². The minimum atomic E-state index is -5.94. The number of ether oxygens (including phenoxy) is 1. The number of esters is 1. The molecule has 0 spiro atoms. The number of carbonyl (C=O) groups excluding carboxylic acids is 1. The molecule has 1 aromatic rings. The van der Waals surface area contributed by atoms with Crippen molar-refractivity contribution in [3.63, 3.8) is 0 Å². The first-order valence-corrected chi connectivity index (χ1v) is 7.73. The zero-order valence-corrected chi connectivity index (χ0v) is 13.0. The van der Waals surface area contributed by atoms with E-state index in [1.165, 1.54) is 24.3 Å². The molecule has 0 amide bonds. The van der Waals surface area contributed by atoms with E-state index < -0.39 is 33.2 Å². The number of aliphatic hydroxyl groups is 2. The Balaban J connectivity index is 2.83. The summed E-state index contributed by atoms with van der Waals surface area (Å²) in [5, 5.41) is 13.6. The highest BCUT2D eigenvalue weighted by atomic mass is 32.2. The van der Waals surface area contributed by atoms with Crippen molar-refractivity contribution in [3.8, 4) is 0 Å². The molecule has 0 aliphatic heterocycles. The summed E-state index contributed by atoms with van der Waals surface area (Å²) in [6.45, 7) is 3.14. The van der Waals surface area contributed by atoms with Gasteiger partial charge in [0.2, 0.25) is 0 Å². The number of carbonyl (C=O) groups is 1. The number of halogens is 2. The third-order valence-electron chi connectivity index (χ3n) is 2.68. The van der Waals surface area contributed by atoms with Crippen LogP contribution in [0.3, 0.4) is 0 Å². The van der Waals surface area contributed by atoms with Gasteiger partial charge in [0.25, 0.3) is 6.29 Å². The van der Waals surface area contributed by atoms with Gasteiger partial charge in [0.15, 0.2) is 0 Å². The van der Waals surface area contributed by atoms with Gasteiger partial charge < -0.3 is 14.9 Å². The summed E-state index contributed by atoms with van der Waals surface area (Å²) in [5.74, 6) is -1.41. The van der Waals surface area contributed by atoms with Crippen molar-refractivity contribution in [2.24, 2.45) is 0 Å². The average molecular weight is 354 g/mol. The van der Waals surface area contributed by atoms with Crippen LogP contribution in [0.15, 0.2) is 24.3 Å². The van der Waals surface area contributed by atoms with Gasteiger partial charge in [-0.05, 0) is 31.5 Å². The smallest absolute Gasteiger partial charge is 0.424 e. The second kappa shape index (κ2) is 6.48. The minimum Gasteiger partial charge on any atom is -0.424 e. The van der Waals surface area contributed by atoms with E-state index in [0.29, 0.717) is 5.56 Å². The molecule has 0 bridgehead atoms. The molecule has 1 aromatic carbocycles. The van der Waals surface area contributed by atoms with Crippen LogP contribution in [0.1, 0.15) is 29.8 Å². The maximum absolute atomic E-state index is 13.1. The van der Waals surface area contributed by atoms with Gasteiger partial charge in [-0.3, -0.25) is 4.55 Å². The van der Waals surface area contributed by atoms with Crippen LogP contribution in [0.25, 0.3) is 0 Å². The van der Waals surface area contributed by atoms with Crippen molar-refractivity contribution < 1.29 is 41.5 Å². The Labute approximate surface area is 131 Å². The van der Waals surface area contributed by atoms with Gasteiger partial charge in [0.05, 0.1) is 11.2 Å². The molecule has 1 rings (SSSR count). The molecule has 0 aliphatic rings. The first kappa shape index (κ1) is 19.4. The second-order valence-electron chi connectivity index (χ2n) is 5.48. The lowest BCUT2D eigenvalue weighted by Gasteiger charge is -2.19. The summed E-state index contributed by atoms with van der Waals surface area (Å²) in [4.78, 5) is 11.6. The zero-order valence-electron chi connectivity index (χ0n) is 12.2. The summed E-state index contributed by atoms with van der Waals surface area (Å²) in [6, 6.07) is 5.26. The molecule has 1 atom stereocenters. The van der Waals surface area contributed by atoms with Crippen LogP contribution in [0, 0.1) is 0 Å². The fourth-order valence-corrected chi connectivity index (χ4v) is 1.93. The van der Waals surface area contributed by atoms with Gasteiger partial charge in [0, 0.05) is 6.42 Å².